The molecule has 1 aromatic heterocycles. The lowest BCUT2D eigenvalue weighted by Gasteiger charge is -2.38. The van der Waals surface area contributed by atoms with Crippen LogP contribution in [0.5, 0.6) is 0 Å². The summed E-state index contributed by atoms with van der Waals surface area (Å²) in [7, 11) is 0. The zero-order valence-electron chi connectivity index (χ0n) is 21.1. The SMILES string of the molecule is Cc1ccc(C(=O)N(CC(=O)N2CCc3sccc3C2c2ccc(C(C)(C)C)cc2)C2CC2)cc1. The summed E-state index contributed by atoms with van der Waals surface area (Å²) in [6.07, 6.45) is 2.80. The predicted octanol–water partition coefficient (Wildman–Crippen LogP) is 6.13. The Kier molecular flexibility index (Phi) is 6.30. The first-order valence-corrected chi connectivity index (χ1v) is 13.4. The maximum absolute atomic E-state index is 13.8. The minimum Gasteiger partial charge on any atom is -0.330 e. The quantitative estimate of drug-likeness (QED) is 0.435. The number of aryl methyl sites for hydroxylation is 1. The van der Waals surface area contributed by atoms with Crippen LogP contribution in [0.4, 0.5) is 0 Å². The second-order valence-corrected chi connectivity index (χ2v) is 11.9. The summed E-state index contributed by atoms with van der Waals surface area (Å²) in [5, 5.41) is 2.13. The molecule has 5 heteroatoms. The van der Waals surface area contributed by atoms with Crippen LogP contribution < -0.4 is 0 Å². The second kappa shape index (κ2) is 9.27. The number of carbonyl (C=O) groups excluding carboxylic acids is 2. The predicted molar refractivity (Wildman–Crippen MR) is 142 cm³/mol. The maximum atomic E-state index is 13.8. The molecule has 1 atom stereocenters. The highest BCUT2D eigenvalue weighted by atomic mass is 32.1. The first-order chi connectivity index (χ1) is 16.7. The zero-order chi connectivity index (χ0) is 24.7. The van der Waals surface area contributed by atoms with Gasteiger partial charge < -0.3 is 9.80 Å². The Hall–Kier alpha value is -2.92. The van der Waals surface area contributed by atoms with Gasteiger partial charge in [-0.1, -0.05) is 62.7 Å². The van der Waals surface area contributed by atoms with E-state index < -0.39 is 0 Å². The molecule has 0 bridgehead atoms. The van der Waals surface area contributed by atoms with Crippen LogP contribution in [0.3, 0.4) is 0 Å². The third-order valence-corrected chi connectivity index (χ3v) is 8.23. The number of rotatable bonds is 5. The number of nitrogens with zero attached hydrogens (tertiary/aromatic N) is 2. The largest absolute Gasteiger partial charge is 0.330 e. The summed E-state index contributed by atoms with van der Waals surface area (Å²) in [5.74, 6) is -0.0146. The lowest BCUT2D eigenvalue weighted by atomic mass is 9.85. The van der Waals surface area contributed by atoms with Gasteiger partial charge in [-0.15, -0.1) is 11.3 Å². The van der Waals surface area contributed by atoms with E-state index in [2.05, 4.69) is 56.5 Å². The molecule has 0 spiro atoms. The van der Waals surface area contributed by atoms with E-state index in [1.54, 1.807) is 16.2 Å². The molecule has 1 aliphatic heterocycles. The van der Waals surface area contributed by atoms with Crippen LogP contribution in [0.2, 0.25) is 0 Å². The average Bonchev–Trinajstić information content (AvgIpc) is 3.57. The van der Waals surface area contributed by atoms with Crippen LogP contribution in [0.15, 0.2) is 60.0 Å². The van der Waals surface area contributed by atoms with Gasteiger partial charge in [0.1, 0.15) is 6.54 Å². The fourth-order valence-electron chi connectivity index (χ4n) is 4.96. The molecule has 0 radical (unpaired) electrons. The number of carbonyl (C=O) groups is 2. The number of hydrogen-bond acceptors (Lipinski definition) is 3. The van der Waals surface area contributed by atoms with E-state index in [4.69, 9.17) is 0 Å². The van der Waals surface area contributed by atoms with Crippen molar-refractivity contribution < 1.29 is 9.59 Å². The Morgan fingerprint density at radius 1 is 1.00 bits per heavy atom. The van der Waals surface area contributed by atoms with Crippen LogP contribution in [0.1, 0.15) is 77.1 Å². The van der Waals surface area contributed by atoms with E-state index >= 15 is 0 Å². The Labute approximate surface area is 212 Å². The van der Waals surface area contributed by atoms with Crippen LogP contribution in [0, 0.1) is 6.92 Å². The van der Waals surface area contributed by atoms with E-state index in [0.717, 1.165) is 30.4 Å². The number of fused-ring (bicyclic) bond motifs is 1. The van der Waals surface area contributed by atoms with E-state index in [1.807, 2.05) is 36.1 Å². The van der Waals surface area contributed by atoms with Gasteiger partial charge in [0.15, 0.2) is 0 Å². The van der Waals surface area contributed by atoms with Crippen molar-refractivity contribution in [1.82, 2.24) is 9.80 Å². The molecular weight excluding hydrogens is 452 g/mol. The molecule has 4 nitrogen and oxygen atoms in total. The van der Waals surface area contributed by atoms with Gasteiger partial charge >= 0.3 is 0 Å². The summed E-state index contributed by atoms with van der Waals surface area (Å²) in [4.78, 5) is 32.3. The number of hydrogen-bond donors (Lipinski definition) is 0. The molecule has 35 heavy (non-hydrogen) atoms. The molecule has 2 amide bonds. The molecular formula is C30H34N2O2S. The number of amides is 2. The van der Waals surface area contributed by atoms with Gasteiger partial charge in [-0.25, -0.2) is 0 Å². The van der Waals surface area contributed by atoms with Gasteiger partial charge in [0.05, 0.1) is 6.04 Å². The Morgan fingerprint density at radius 2 is 1.69 bits per heavy atom. The summed E-state index contributed by atoms with van der Waals surface area (Å²) in [6.45, 7) is 9.47. The molecule has 1 saturated carbocycles. The van der Waals surface area contributed by atoms with Gasteiger partial charge in [0.2, 0.25) is 5.91 Å². The highest BCUT2D eigenvalue weighted by Gasteiger charge is 2.38. The summed E-state index contributed by atoms with van der Waals surface area (Å²) in [5.41, 5.74) is 5.49. The minimum atomic E-state index is -0.109. The standard InChI is InChI=1S/C30H34N2O2S/c1-20-5-7-22(8-6-20)29(34)32(24-13-14-24)19-27(33)31-17-15-26-25(16-18-35-26)28(31)21-9-11-23(12-10-21)30(2,3)4/h5-12,16,18,24,28H,13-15,17,19H2,1-4H3. The molecule has 2 aromatic carbocycles. The first-order valence-electron chi connectivity index (χ1n) is 12.6. The third kappa shape index (κ3) is 4.92. The van der Waals surface area contributed by atoms with Crippen LogP contribution in [-0.2, 0) is 16.6 Å². The summed E-state index contributed by atoms with van der Waals surface area (Å²) >= 11 is 1.77. The molecule has 1 fully saturated rings. The fourth-order valence-corrected chi connectivity index (χ4v) is 5.87. The number of benzene rings is 2. The molecule has 1 unspecified atom stereocenters. The molecule has 2 heterocycles. The van der Waals surface area contributed by atoms with E-state index in [1.165, 1.54) is 16.0 Å². The van der Waals surface area contributed by atoms with Gasteiger partial charge in [0, 0.05) is 23.0 Å². The second-order valence-electron chi connectivity index (χ2n) is 10.9. The van der Waals surface area contributed by atoms with E-state index in [-0.39, 0.29) is 35.9 Å². The normalized spacial score (nSPS) is 17.7. The zero-order valence-corrected chi connectivity index (χ0v) is 21.9. The molecule has 0 N–H and O–H groups in total. The van der Waals surface area contributed by atoms with Crippen LogP contribution in [-0.4, -0.2) is 40.7 Å². The van der Waals surface area contributed by atoms with Crippen molar-refractivity contribution in [3.8, 4) is 0 Å². The molecule has 182 valence electrons. The van der Waals surface area contributed by atoms with Gasteiger partial charge in [-0.3, -0.25) is 9.59 Å². The van der Waals surface area contributed by atoms with Crippen LogP contribution in [0.25, 0.3) is 0 Å². The van der Waals surface area contributed by atoms with Crippen molar-refractivity contribution in [1.29, 1.82) is 0 Å². The van der Waals surface area contributed by atoms with Crippen molar-refractivity contribution >= 4 is 23.2 Å². The Bertz CT molecular complexity index is 1220. The summed E-state index contributed by atoms with van der Waals surface area (Å²) < 4.78 is 0. The average molecular weight is 487 g/mol. The van der Waals surface area contributed by atoms with Gasteiger partial charge in [-0.2, -0.15) is 0 Å². The van der Waals surface area contributed by atoms with Crippen molar-refractivity contribution in [3.05, 3.63) is 92.7 Å². The fraction of sp³-hybridized carbons (Fsp3) is 0.400. The minimum absolute atomic E-state index is 0.0270. The van der Waals surface area contributed by atoms with Crippen molar-refractivity contribution in [2.24, 2.45) is 0 Å². The van der Waals surface area contributed by atoms with E-state index in [0.29, 0.717) is 12.1 Å². The topological polar surface area (TPSA) is 40.6 Å². The van der Waals surface area contributed by atoms with Crippen molar-refractivity contribution in [2.45, 2.75) is 64.5 Å². The Balaban J connectivity index is 1.42. The molecule has 5 rings (SSSR count). The molecule has 1 aliphatic carbocycles. The highest BCUT2D eigenvalue weighted by molar-refractivity contribution is 7.10. The molecule has 2 aliphatic rings. The van der Waals surface area contributed by atoms with E-state index in [9.17, 15) is 9.59 Å². The van der Waals surface area contributed by atoms with Gasteiger partial charge in [-0.05, 0) is 71.9 Å². The Morgan fingerprint density at radius 3 is 2.31 bits per heavy atom. The molecule has 0 saturated heterocycles. The molecule has 3 aromatic rings. The van der Waals surface area contributed by atoms with Gasteiger partial charge in [0.25, 0.3) is 5.91 Å². The third-order valence-electron chi connectivity index (χ3n) is 7.23. The highest BCUT2D eigenvalue weighted by Crippen LogP contribution is 2.39. The van der Waals surface area contributed by atoms with Crippen molar-refractivity contribution in [3.63, 3.8) is 0 Å². The monoisotopic (exact) mass is 486 g/mol. The lowest BCUT2D eigenvalue weighted by Crippen LogP contribution is -2.47. The van der Waals surface area contributed by atoms with Crippen LogP contribution >= 0.6 is 11.3 Å². The van der Waals surface area contributed by atoms with Crippen molar-refractivity contribution in [2.75, 3.05) is 13.1 Å². The lowest BCUT2D eigenvalue weighted by molar-refractivity contribution is -0.134. The summed E-state index contributed by atoms with van der Waals surface area (Å²) in [6, 6.07) is 18.6. The first kappa shape index (κ1) is 23.8. The maximum Gasteiger partial charge on any atom is 0.254 e. The number of thiophene rings is 1. The smallest absolute Gasteiger partial charge is 0.254 e.